The quantitative estimate of drug-likeness (QED) is 0.681. The van der Waals surface area contributed by atoms with Crippen molar-refractivity contribution in [3.63, 3.8) is 0 Å². The molecule has 5 nitrogen and oxygen atoms in total. The highest BCUT2D eigenvalue weighted by Crippen LogP contribution is 2.08. The van der Waals surface area contributed by atoms with Crippen molar-refractivity contribution < 1.29 is 9.59 Å². The molecule has 0 spiro atoms. The number of piperazine rings is 1. The molecule has 1 aliphatic rings. The molecule has 1 aliphatic heterocycles. The number of hydrogen-bond acceptors (Lipinski definition) is 3. The summed E-state index contributed by atoms with van der Waals surface area (Å²) in [7, 11) is 0. The second-order valence-electron chi connectivity index (χ2n) is 4.37. The zero-order valence-electron chi connectivity index (χ0n) is 9.56. The highest BCUT2D eigenvalue weighted by atomic mass is 16.2. The van der Waals surface area contributed by atoms with Crippen LogP contribution < -0.4 is 5.73 Å². The first-order valence-electron chi connectivity index (χ1n) is 5.24. The lowest BCUT2D eigenvalue weighted by Gasteiger charge is -2.36. The lowest BCUT2D eigenvalue weighted by Crippen LogP contribution is -2.57. The molecular formula is C10H19N3O2. The number of carbonyl (C=O) groups excluding carboxylic acids is 2. The van der Waals surface area contributed by atoms with Crippen LogP contribution in [0.25, 0.3) is 0 Å². The van der Waals surface area contributed by atoms with E-state index in [2.05, 4.69) is 0 Å². The van der Waals surface area contributed by atoms with Crippen molar-refractivity contribution in [1.29, 1.82) is 0 Å². The lowest BCUT2D eigenvalue weighted by atomic mass is 10.2. The summed E-state index contributed by atoms with van der Waals surface area (Å²) in [6, 6.07) is -0.00810. The number of hydrogen-bond donors (Lipinski definition) is 1. The molecule has 0 aromatic carbocycles. The number of nitrogens with zero attached hydrogens (tertiary/aromatic N) is 2. The van der Waals surface area contributed by atoms with Crippen LogP contribution in [0.1, 0.15) is 20.8 Å². The van der Waals surface area contributed by atoms with Crippen LogP contribution in [0, 0.1) is 0 Å². The van der Waals surface area contributed by atoms with E-state index < -0.39 is 0 Å². The van der Waals surface area contributed by atoms with E-state index in [4.69, 9.17) is 5.73 Å². The molecule has 0 aliphatic carbocycles. The van der Waals surface area contributed by atoms with Crippen molar-refractivity contribution in [1.82, 2.24) is 9.80 Å². The number of rotatable bonds is 3. The molecule has 1 atom stereocenters. The fourth-order valence-corrected chi connectivity index (χ4v) is 1.66. The summed E-state index contributed by atoms with van der Waals surface area (Å²) >= 11 is 0. The number of nitrogens with two attached hydrogens (primary N) is 1. The summed E-state index contributed by atoms with van der Waals surface area (Å²) in [4.78, 5) is 26.5. The average Bonchev–Trinajstić information content (AvgIpc) is 2.09. The van der Waals surface area contributed by atoms with Gasteiger partial charge in [-0.25, -0.2) is 0 Å². The van der Waals surface area contributed by atoms with Gasteiger partial charge in [-0.05, 0) is 20.8 Å². The molecular weight excluding hydrogens is 194 g/mol. The van der Waals surface area contributed by atoms with E-state index in [1.807, 2.05) is 20.8 Å². The summed E-state index contributed by atoms with van der Waals surface area (Å²) < 4.78 is 0. The SMILES string of the molecule is CC(N)CN1CC(=O)N(C(C)C)CC1=O. The van der Waals surface area contributed by atoms with Crippen molar-refractivity contribution >= 4 is 11.8 Å². The van der Waals surface area contributed by atoms with Gasteiger partial charge in [-0.15, -0.1) is 0 Å². The largest absolute Gasteiger partial charge is 0.330 e. The first kappa shape index (κ1) is 12.0. The van der Waals surface area contributed by atoms with E-state index in [9.17, 15) is 9.59 Å². The number of amides is 2. The Morgan fingerprint density at radius 3 is 2.27 bits per heavy atom. The highest BCUT2D eigenvalue weighted by molar-refractivity contribution is 5.92. The van der Waals surface area contributed by atoms with Crippen molar-refractivity contribution in [3.05, 3.63) is 0 Å². The van der Waals surface area contributed by atoms with Gasteiger partial charge >= 0.3 is 0 Å². The Hall–Kier alpha value is -1.10. The summed E-state index contributed by atoms with van der Waals surface area (Å²) in [5.41, 5.74) is 5.61. The molecule has 5 heteroatoms. The van der Waals surface area contributed by atoms with Gasteiger partial charge in [-0.1, -0.05) is 0 Å². The third-order valence-electron chi connectivity index (χ3n) is 2.44. The summed E-state index contributed by atoms with van der Waals surface area (Å²) in [5.74, 6) is -0.00847. The van der Waals surface area contributed by atoms with E-state index in [0.717, 1.165) is 0 Å². The minimum Gasteiger partial charge on any atom is -0.330 e. The van der Waals surface area contributed by atoms with Gasteiger partial charge in [-0.2, -0.15) is 0 Å². The molecule has 1 saturated heterocycles. The van der Waals surface area contributed by atoms with Crippen molar-refractivity contribution in [2.75, 3.05) is 19.6 Å². The molecule has 1 fully saturated rings. The van der Waals surface area contributed by atoms with Crippen LogP contribution in [0.4, 0.5) is 0 Å². The van der Waals surface area contributed by atoms with Gasteiger partial charge < -0.3 is 15.5 Å². The summed E-state index contributed by atoms with van der Waals surface area (Å²) in [6.07, 6.45) is 0. The second kappa shape index (κ2) is 4.61. The average molecular weight is 213 g/mol. The Bertz CT molecular complexity index is 263. The third-order valence-corrected chi connectivity index (χ3v) is 2.44. The van der Waals surface area contributed by atoms with Crippen LogP contribution in [0.3, 0.4) is 0 Å². The molecule has 0 aromatic heterocycles. The van der Waals surface area contributed by atoms with E-state index in [-0.39, 0.29) is 37.0 Å². The molecule has 86 valence electrons. The fraction of sp³-hybridized carbons (Fsp3) is 0.800. The monoisotopic (exact) mass is 213 g/mol. The standard InChI is InChI=1S/C10H19N3O2/c1-7(2)13-6-9(14)12(4-8(3)11)5-10(13)15/h7-8H,4-6,11H2,1-3H3. The summed E-state index contributed by atoms with van der Waals surface area (Å²) in [5, 5.41) is 0. The molecule has 0 bridgehead atoms. The molecule has 1 rings (SSSR count). The Balaban J connectivity index is 2.63. The molecule has 0 saturated carbocycles. The van der Waals surface area contributed by atoms with Crippen LogP contribution in [0.15, 0.2) is 0 Å². The van der Waals surface area contributed by atoms with Gasteiger partial charge in [0.25, 0.3) is 0 Å². The summed E-state index contributed by atoms with van der Waals surface area (Å²) in [6.45, 7) is 6.45. The zero-order chi connectivity index (χ0) is 11.6. The Morgan fingerprint density at radius 1 is 1.20 bits per heavy atom. The molecule has 0 radical (unpaired) electrons. The normalized spacial score (nSPS) is 20.1. The smallest absolute Gasteiger partial charge is 0.242 e. The molecule has 1 unspecified atom stereocenters. The minimum absolute atomic E-state index is 0.00486. The van der Waals surface area contributed by atoms with Crippen LogP contribution in [0.2, 0.25) is 0 Å². The molecule has 15 heavy (non-hydrogen) atoms. The topological polar surface area (TPSA) is 66.6 Å². The van der Waals surface area contributed by atoms with E-state index in [1.165, 1.54) is 4.90 Å². The van der Waals surface area contributed by atoms with Crippen LogP contribution >= 0.6 is 0 Å². The van der Waals surface area contributed by atoms with Crippen LogP contribution in [0.5, 0.6) is 0 Å². The molecule has 2 amide bonds. The van der Waals surface area contributed by atoms with Crippen molar-refractivity contribution in [2.45, 2.75) is 32.9 Å². The van der Waals surface area contributed by atoms with Crippen LogP contribution in [-0.4, -0.2) is 53.3 Å². The second-order valence-corrected chi connectivity index (χ2v) is 4.37. The van der Waals surface area contributed by atoms with Crippen LogP contribution in [-0.2, 0) is 9.59 Å². The number of carbonyl (C=O) groups is 2. The predicted molar refractivity (Wildman–Crippen MR) is 57.1 cm³/mol. The Labute approximate surface area is 90.2 Å². The fourth-order valence-electron chi connectivity index (χ4n) is 1.66. The third kappa shape index (κ3) is 2.92. The van der Waals surface area contributed by atoms with Crippen molar-refractivity contribution in [2.24, 2.45) is 5.73 Å². The minimum atomic E-state index is -0.0904. The van der Waals surface area contributed by atoms with Gasteiger partial charge in [0.15, 0.2) is 0 Å². The van der Waals surface area contributed by atoms with Gasteiger partial charge in [0.05, 0.1) is 6.54 Å². The first-order valence-corrected chi connectivity index (χ1v) is 5.24. The van der Waals surface area contributed by atoms with Gasteiger partial charge in [-0.3, -0.25) is 9.59 Å². The lowest BCUT2D eigenvalue weighted by molar-refractivity contribution is -0.151. The van der Waals surface area contributed by atoms with E-state index >= 15 is 0 Å². The molecule has 0 aromatic rings. The zero-order valence-corrected chi connectivity index (χ0v) is 9.56. The van der Waals surface area contributed by atoms with Crippen molar-refractivity contribution in [3.8, 4) is 0 Å². The highest BCUT2D eigenvalue weighted by Gasteiger charge is 2.31. The molecule has 2 N–H and O–H groups in total. The maximum atomic E-state index is 11.7. The van der Waals surface area contributed by atoms with Gasteiger partial charge in [0.1, 0.15) is 6.54 Å². The Kier molecular flexibility index (Phi) is 3.68. The molecule has 1 heterocycles. The van der Waals surface area contributed by atoms with Gasteiger partial charge in [0.2, 0.25) is 11.8 Å². The predicted octanol–water partition coefficient (Wildman–Crippen LogP) is -0.587. The maximum absolute atomic E-state index is 11.7. The van der Waals surface area contributed by atoms with Gasteiger partial charge in [0, 0.05) is 18.6 Å². The maximum Gasteiger partial charge on any atom is 0.242 e. The van der Waals surface area contributed by atoms with E-state index in [0.29, 0.717) is 6.54 Å². The Morgan fingerprint density at radius 2 is 1.80 bits per heavy atom. The van der Waals surface area contributed by atoms with E-state index in [1.54, 1.807) is 4.90 Å². The first-order chi connectivity index (χ1) is 6.91.